The Morgan fingerprint density at radius 2 is 2.11 bits per heavy atom. The summed E-state index contributed by atoms with van der Waals surface area (Å²) in [6.07, 6.45) is 6.33. The molecule has 0 radical (unpaired) electrons. The van der Waals surface area contributed by atoms with E-state index in [0.717, 1.165) is 12.0 Å². The van der Waals surface area contributed by atoms with Crippen molar-refractivity contribution in [3.8, 4) is 0 Å². The van der Waals surface area contributed by atoms with E-state index < -0.39 is 0 Å². The second-order valence-electron chi connectivity index (χ2n) is 3.49. The van der Waals surface area contributed by atoms with Crippen molar-refractivity contribution < 1.29 is 4.74 Å². The second kappa shape index (κ2) is 1.72. The molecule has 1 heteroatoms. The highest BCUT2D eigenvalue weighted by Gasteiger charge is 2.53. The summed E-state index contributed by atoms with van der Waals surface area (Å²) in [6, 6.07) is 0. The fourth-order valence-corrected chi connectivity index (χ4v) is 1.84. The van der Waals surface area contributed by atoms with Crippen LogP contribution in [0.15, 0.2) is 0 Å². The zero-order chi connectivity index (χ0) is 6.32. The fraction of sp³-hybridized carbons (Fsp3) is 1.00. The van der Waals surface area contributed by atoms with Crippen LogP contribution in [0.5, 0.6) is 0 Å². The molecule has 9 heavy (non-hydrogen) atoms. The van der Waals surface area contributed by atoms with Crippen LogP contribution in [0.2, 0.25) is 0 Å². The van der Waals surface area contributed by atoms with Gasteiger partial charge in [0.05, 0.1) is 6.10 Å². The average Bonchev–Trinajstić information content (AvgIpc) is 2.45. The van der Waals surface area contributed by atoms with Crippen LogP contribution >= 0.6 is 0 Å². The van der Waals surface area contributed by atoms with Gasteiger partial charge in [-0.3, -0.25) is 0 Å². The van der Waals surface area contributed by atoms with Gasteiger partial charge in [0.25, 0.3) is 0 Å². The van der Waals surface area contributed by atoms with Crippen LogP contribution in [-0.4, -0.2) is 12.7 Å². The molecule has 0 bridgehead atoms. The molecule has 0 aromatic carbocycles. The van der Waals surface area contributed by atoms with Gasteiger partial charge in [-0.1, -0.05) is 0 Å². The highest BCUT2D eigenvalue weighted by molar-refractivity contribution is 5.04. The first-order chi connectivity index (χ1) is 4.35. The van der Waals surface area contributed by atoms with Crippen molar-refractivity contribution >= 4 is 0 Å². The maximum absolute atomic E-state index is 5.45. The molecule has 0 amide bonds. The lowest BCUT2D eigenvalue weighted by Crippen LogP contribution is -2.32. The smallest absolute Gasteiger partial charge is 0.0585 e. The first kappa shape index (κ1) is 5.72. The Morgan fingerprint density at radius 3 is 2.56 bits per heavy atom. The first-order valence-electron chi connectivity index (χ1n) is 3.96. The molecule has 0 aromatic heterocycles. The molecule has 0 heterocycles. The van der Waals surface area contributed by atoms with Gasteiger partial charge in [0.2, 0.25) is 0 Å². The molecule has 1 nitrogen and oxygen atoms in total. The van der Waals surface area contributed by atoms with Crippen molar-refractivity contribution in [1.82, 2.24) is 0 Å². The van der Waals surface area contributed by atoms with E-state index in [1.165, 1.54) is 25.7 Å². The van der Waals surface area contributed by atoms with Crippen LogP contribution in [-0.2, 0) is 4.74 Å². The van der Waals surface area contributed by atoms with E-state index in [2.05, 4.69) is 6.92 Å². The van der Waals surface area contributed by atoms with E-state index in [0.29, 0.717) is 6.10 Å². The number of ether oxygens (including phenoxy) is 1. The number of hydrogen-bond acceptors (Lipinski definition) is 1. The van der Waals surface area contributed by atoms with Crippen LogP contribution in [0, 0.1) is 5.41 Å². The van der Waals surface area contributed by atoms with Crippen molar-refractivity contribution in [3.05, 3.63) is 0 Å². The molecule has 2 aliphatic rings. The molecule has 0 aromatic rings. The average molecular weight is 126 g/mol. The van der Waals surface area contributed by atoms with Crippen LogP contribution in [0.4, 0.5) is 0 Å². The summed E-state index contributed by atoms with van der Waals surface area (Å²) in [7, 11) is 0. The third kappa shape index (κ3) is 0.877. The Morgan fingerprint density at radius 1 is 1.44 bits per heavy atom. The lowest BCUT2D eigenvalue weighted by Gasteiger charge is -2.35. The summed E-state index contributed by atoms with van der Waals surface area (Å²) in [4.78, 5) is 0. The van der Waals surface area contributed by atoms with E-state index in [1.54, 1.807) is 0 Å². The minimum atomic E-state index is 0.637. The van der Waals surface area contributed by atoms with Gasteiger partial charge in [-0.2, -0.15) is 0 Å². The van der Waals surface area contributed by atoms with Crippen LogP contribution in [0.3, 0.4) is 0 Å². The van der Waals surface area contributed by atoms with Crippen LogP contribution in [0.25, 0.3) is 0 Å². The summed E-state index contributed by atoms with van der Waals surface area (Å²) < 4.78 is 5.45. The van der Waals surface area contributed by atoms with Gasteiger partial charge in [-0.25, -0.2) is 0 Å². The maximum Gasteiger partial charge on any atom is 0.0585 e. The predicted octanol–water partition coefficient (Wildman–Crippen LogP) is 1.97. The van der Waals surface area contributed by atoms with Gasteiger partial charge >= 0.3 is 0 Å². The predicted molar refractivity (Wildman–Crippen MR) is 36.3 cm³/mol. The zero-order valence-corrected chi connectivity index (χ0v) is 6.02. The Hall–Kier alpha value is -0.0400. The second-order valence-corrected chi connectivity index (χ2v) is 3.49. The van der Waals surface area contributed by atoms with E-state index in [1.807, 2.05) is 0 Å². The maximum atomic E-state index is 5.45. The summed E-state index contributed by atoms with van der Waals surface area (Å²) in [6.45, 7) is 2.98. The van der Waals surface area contributed by atoms with E-state index in [9.17, 15) is 0 Å². The normalized spacial score (nSPS) is 30.3. The van der Waals surface area contributed by atoms with Gasteiger partial charge in [0.1, 0.15) is 0 Å². The molecule has 2 saturated carbocycles. The minimum absolute atomic E-state index is 0.637. The molecular formula is C8H14O. The van der Waals surface area contributed by atoms with E-state index >= 15 is 0 Å². The Kier molecular flexibility index (Phi) is 1.10. The number of rotatable bonds is 2. The van der Waals surface area contributed by atoms with Crippen LogP contribution < -0.4 is 0 Å². The third-order valence-corrected chi connectivity index (χ3v) is 2.68. The fourth-order valence-electron chi connectivity index (χ4n) is 1.84. The molecule has 52 valence electrons. The highest BCUT2D eigenvalue weighted by Crippen LogP contribution is 2.61. The van der Waals surface area contributed by atoms with Crippen molar-refractivity contribution in [2.45, 2.75) is 38.7 Å². The van der Waals surface area contributed by atoms with Crippen molar-refractivity contribution in [2.24, 2.45) is 5.41 Å². The standard InChI is InChI=1S/C8H14O/c1-2-9-7-5-8(6-7)3-4-8/h7H,2-6H2,1H3. The molecule has 0 saturated heterocycles. The SMILES string of the molecule is CCOC1CC2(CC2)C1. The molecule has 2 rings (SSSR count). The monoisotopic (exact) mass is 126 g/mol. The first-order valence-corrected chi connectivity index (χ1v) is 3.96. The minimum Gasteiger partial charge on any atom is -0.378 e. The van der Waals surface area contributed by atoms with Crippen LogP contribution in [0.1, 0.15) is 32.6 Å². The van der Waals surface area contributed by atoms with Gasteiger partial charge in [-0.05, 0) is 38.0 Å². The Labute approximate surface area is 56.4 Å². The van der Waals surface area contributed by atoms with E-state index in [4.69, 9.17) is 4.74 Å². The third-order valence-electron chi connectivity index (χ3n) is 2.68. The molecular weight excluding hydrogens is 112 g/mol. The Bertz CT molecular complexity index is 108. The summed E-state index contributed by atoms with van der Waals surface area (Å²) in [5.41, 5.74) is 0.819. The molecule has 1 spiro atoms. The highest BCUT2D eigenvalue weighted by atomic mass is 16.5. The van der Waals surface area contributed by atoms with Crippen molar-refractivity contribution in [3.63, 3.8) is 0 Å². The molecule has 0 unspecified atom stereocenters. The van der Waals surface area contributed by atoms with E-state index in [-0.39, 0.29) is 0 Å². The summed E-state index contributed by atoms with van der Waals surface area (Å²) in [5, 5.41) is 0. The van der Waals surface area contributed by atoms with Gasteiger partial charge in [0, 0.05) is 6.61 Å². The largest absolute Gasteiger partial charge is 0.378 e. The summed E-state index contributed by atoms with van der Waals surface area (Å²) >= 11 is 0. The quantitative estimate of drug-likeness (QED) is 0.549. The molecule has 2 aliphatic carbocycles. The molecule has 0 aliphatic heterocycles. The number of hydrogen-bond donors (Lipinski definition) is 0. The van der Waals surface area contributed by atoms with Gasteiger partial charge < -0.3 is 4.74 Å². The topological polar surface area (TPSA) is 9.23 Å². The molecule has 0 atom stereocenters. The van der Waals surface area contributed by atoms with Gasteiger partial charge in [-0.15, -0.1) is 0 Å². The Balaban J connectivity index is 1.71. The van der Waals surface area contributed by atoms with Gasteiger partial charge in [0.15, 0.2) is 0 Å². The van der Waals surface area contributed by atoms with Crippen molar-refractivity contribution in [1.29, 1.82) is 0 Å². The lowest BCUT2D eigenvalue weighted by atomic mass is 9.79. The molecule has 2 fully saturated rings. The molecule has 0 N–H and O–H groups in total. The summed E-state index contributed by atoms with van der Waals surface area (Å²) in [5.74, 6) is 0. The zero-order valence-electron chi connectivity index (χ0n) is 6.02. The lowest BCUT2D eigenvalue weighted by molar-refractivity contribution is -0.0344. The van der Waals surface area contributed by atoms with Crippen molar-refractivity contribution in [2.75, 3.05) is 6.61 Å².